The molecule has 240 valence electrons. The summed E-state index contributed by atoms with van der Waals surface area (Å²) in [5.41, 5.74) is 2.55. The molecule has 0 fully saturated rings. The van der Waals surface area contributed by atoms with Crippen LogP contribution in [0.3, 0.4) is 0 Å². The van der Waals surface area contributed by atoms with E-state index in [4.69, 9.17) is 13.9 Å². The van der Waals surface area contributed by atoms with E-state index in [9.17, 15) is 19.1 Å². The van der Waals surface area contributed by atoms with Crippen LogP contribution in [0, 0.1) is 5.82 Å². The quantitative estimate of drug-likeness (QED) is 0.0824. The summed E-state index contributed by atoms with van der Waals surface area (Å²) in [6.45, 7) is 0.302. The number of hydrogen-bond donors (Lipinski definition) is 1. The molecule has 9 nitrogen and oxygen atoms in total. The van der Waals surface area contributed by atoms with Crippen molar-refractivity contribution in [2.24, 2.45) is 0 Å². The first-order valence-electron chi connectivity index (χ1n) is 14.7. The van der Waals surface area contributed by atoms with Gasteiger partial charge in [-0.1, -0.05) is 89.8 Å². The van der Waals surface area contributed by atoms with Crippen LogP contribution in [-0.2, 0) is 17.2 Å². The minimum absolute atomic E-state index is 0.0695. The largest absolute Gasteiger partial charge is 0.503 e. The summed E-state index contributed by atoms with van der Waals surface area (Å²) < 4.78 is 31.3. The molecule has 6 aromatic rings. The van der Waals surface area contributed by atoms with E-state index in [0.29, 0.717) is 44.7 Å². The minimum Gasteiger partial charge on any atom is -0.503 e. The Morgan fingerprint density at radius 3 is 2.56 bits per heavy atom. The number of benzene rings is 4. The number of aliphatic hydroxyl groups is 1. The summed E-state index contributed by atoms with van der Waals surface area (Å²) in [5, 5.41) is 20.7. The molecule has 1 aliphatic rings. The van der Waals surface area contributed by atoms with Crippen molar-refractivity contribution in [1.29, 1.82) is 0 Å². The van der Waals surface area contributed by atoms with Crippen molar-refractivity contribution in [1.82, 2.24) is 10.2 Å². The van der Waals surface area contributed by atoms with Gasteiger partial charge >= 0.3 is 0 Å². The summed E-state index contributed by atoms with van der Waals surface area (Å²) in [5.74, 6) is -1.15. The lowest BCUT2D eigenvalue weighted by Crippen LogP contribution is -2.31. The Labute approximate surface area is 282 Å². The number of para-hydroxylation sites is 1. The second-order valence-electron chi connectivity index (χ2n) is 10.8. The summed E-state index contributed by atoms with van der Waals surface area (Å²) in [6, 6.07) is 28.5. The second kappa shape index (κ2) is 13.3. The number of aromatic nitrogens is 2. The molecule has 7 rings (SSSR count). The Morgan fingerprint density at radius 1 is 0.979 bits per heavy atom. The maximum atomic E-state index is 14.2. The van der Waals surface area contributed by atoms with E-state index in [1.807, 2.05) is 30.3 Å². The molecule has 1 aliphatic heterocycles. The first-order valence-corrected chi connectivity index (χ1v) is 16.5. The standard InChI is InChI=1S/C36H26FN3O6S2/c1-44-27-12-6-10-24-18-28(46-33(24)27)31(41)29-30(23-9-5-11-26(17-23)45-19-21-7-3-2-4-8-21)40(34(43)32(29)42)35-38-39-36(48-35)47-20-22-13-15-25(37)16-14-22/h2-18,30,42H,19-20H2,1H3. The van der Waals surface area contributed by atoms with Gasteiger partial charge in [0.15, 0.2) is 27.2 Å². The third-order valence-electron chi connectivity index (χ3n) is 7.70. The van der Waals surface area contributed by atoms with Crippen molar-refractivity contribution in [2.45, 2.75) is 22.7 Å². The number of aliphatic hydroxyl groups excluding tert-OH is 1. The number of ether oxygens (including phenoxy) is 2. The highest BCUT2D eigenvalue weighted by molar-refractivity contribution is 8.00. The molecule has 2 aromatic heterocycles. The van der Waals surface area contributed by atoms with Gasteiger partial charge in [0.1, 0.15) is 18.2 Å². The average Bonchev–Trinajstić information content (AvgIpc) is 3.84. The highest BCUT2D eigenvalue weighted by Gasteiger charge is 2.47. The zero-order chi connectivity index (χ0) is 33.2. The zero-order valence-corrected chi connectivity index (χ0v) is 27.0. The van der Waals surface area contributed by atoms with Crippen LogP contribution < -0.4 is 14.4 Å². The van der Waals surface area contributed by atoms with Gasteiger partial charge in [-0.15, -0.1) is 10.2 Å². The first-order chi connectivity index (χ1) is 23.4. The number of Topliss-reactive ketones (excluding diaryl/α,β-unsaturated/α-hetero) is 1. The molecule has 3 heterocycles. The SMILES string of the molecule is COc1cccc2cc(C(=O)C3=C(O)C(=O)N(c4nnc(SCc5ccc(F)cc5)s4)C3c3cccc(OCc4ccccc4)c3)oc12. The second-order valence-corrected chi connectivity index (χ2v) is 12.9. The number of hydrogen-bond acceptors (Lipinski definition) is 10. The number of amides is 1. The van der Waals surface area contributed by atoms with Crippen molar-refractivity contribution in [3.05, 3.63) is 143 Å². The molecular weight excluding hydrogens is 654 g/mol. The lowest BCUT2D eigenvalue weighted by Gasteiger charge is -2.24. The molecule has 0 bridgehead atoms. The van der Waals surface area contributed by atoms with E-state index in [2.05, 4.69) is 10.2 Å². The number of carbonyl (C=O) groups is 2. The molecule has 12 heteroatoms. The van der Waals surface area contributed by atoms with E-state index in [-0.39, 0.29) is 22.3 Å². The number of halogens is 1. The van der Waals surface area contributed by atoms with Crippen molar-refractivity contribution in [3.63, 3.8) is 0 Å². The third kappa shape index (κ3) is 6.15. The van der Waals surface area contributed by atoms with Crippen LogP contribution in [0.2, 0.25) is 0 Å². The van der Waals surface area contributed by atoms with Crippen LogP contribution >= 0.6 is 23.1 Å². The van der Waals surface area contributed by atoms with Gasteiger partial charge in [-0.2, -0.15) is 0 Å². The van der Waals surface area contributed by atoms with Gasteiger partial charge < -0.3 is 19.0 Å². The third-order valence-corrected chi connectivity index (χ3v) is 9.83. The van der Waals surface area contributed by atoms with Gasteiger partial charge in [0.05, 0.1) is 18.7 Å². The van der Waals surface area contributed by atoms with E-state index in [1.54, 1.807) is 60.7 Å². The Balaban J connectivity index is 1.24. The number of ketones is 1. The molecule has 0 saturated heterocycles. The Hall–Kier alpha value is -5.46. The number of thioether (sulfide) groups is 1. The number of furan rings is 1. The topological polar surface area (TPSA) is 115 Å². The number of methoxy groups -OCH3 is 1. The van der Waals surface area contributed by atoms with Crippen LogP contribution in [0.15, 0.2) is 123 Å². The number of fused-ring (bicyclic) bond motifs is 1. The smallest absolute Gasteiger partial charge is 0.296 e. The minimum atomic E-state index is -1.08. The predicted octanol–water partition coefficient (Wildman–Crippen LogP) is 8.09. The molecule has 1 N–H and O–H groups in total. The van der Waals surface area contributed by atoms with Crippen LogP contribution in [0.5, 0.6) is 11.5 Å². The monoisotopic (exact) mass is 679 g/mol. The molecule has 1 atom stereocenters. The van der Waals surface area contributed by atoms with Crippen LogP contribution in [0.1, 0.15) is 33.3 Å². The van der Waals surface area contributed by atoms with Crippen LogP contribution in [-0.4, -0.2) is 34.1 Å². The van der Waals surface area contributed by atoms with E-state index in [0.717, 1.165) is 22.5 Å². The Bertz CT molecular complexity index is 2160. The fourth-order valence-electron chi connectivity index (χ4n) is 5.39. The number of carbonyl (C=O) groups excluding carboxylic acids is 2. The molecule has 48 heavy (non-hydrogen) atoms. The Kier molecular flexibility index (Phi) is 8.66. The number of nitrogens with zero attached hydrogens (tertiary/aromatic N) is 3. The summed E-state index contributed by atoms with van der Waals surface area (Å²) >= 11 is 2.51. The van der Waals surface area contributed by atoms with Crippen molar-refractivity contribution < 1.29 is 33.0 Å². The highest BCUT2D eigenvalue weighted by atomic mass is 32.2. The van der Waals surface area contributed by atoms with Crippen molar-refractivity contribution in [2.75, 3.05) is 12.0 Å². The maximum Gasteiger partial charge on any atom is 0.296 e. The lowest BCUT2D eigenvalue weighted by atomic mass is 9.95. The van der Waals surface area contributed by atoms with Gasteiger partial charge in [0.2, 0.25) is 10.9 Å². The van der Waals surface area contributed by atoms with Crippen molar-refractivity contribution >= 4 is 50.9 Å². The van der Waals surface area contributed by atoms with Crippen LogP contribution in [0.25, 0.3) is 11.0 Å². The maximum absolute atomic E-state index is 14.2. The molecule has 0 radical (unpaired) electrons. The molecule has 1 amide bonds. The lowest BCUT2D eigenvalue weighted by molar-refractivity contribution is -0.117. The van der Waals surface area contributed by atoms with Crippen molar-refractivity contribution in [3.8, 4) is 11.5 Å². The fourth-order valence-corrected chi connectivity index (χ4v) is 7.21. The molecule has 0 aliphatic carbocycles. The number of anilines is 1. The fraction of sp³-hybridized carbons (Fsp3) is 0.111. The van der Waals surface area contributed by atoms with Gasteiger partial charge in [-0.25, -0.2) is 4.39 Å². The average molecular weight is 680 g/mol. The summed E-state index contributed by atoms with van der Waals surface area (Å²) in [6.07, 6.45) is 0. The van der Waals surface area contributed by atoms with E-state index < -0.39 is 23.5 Å². The molecule has 0 saturated carbocycles. The normalized spacial score (nSPS) is 14.6. The first kappa shape index (κ1) is 31.2. The predicted molar refractivity (Wildman–Crippen MR) is 180 cm³/mol. The van der Waals surface area contributed by atoms with Crippen LogP contribution in [0.4, 0.5) is 9.52 Å². The van der Waals surface area contributed by atoms with E-state index >= 15 is 0 Å². The summed E-state index contributed by atoms with van der Waals surface area (Å²) in [7, 11) is 1.50. The van der Waals surface area contributed by atoms with Gasteiger partial charge in [0.25, 0.3) is 5.91 Å². The molecule has 4 aromatic carbocycles. The molecule has 1 unspecified atom stereocenters. The van der Waals surface area contributed by atoms with Gasteiger partial charge in [-0.05, 0) is 53.1 Å². The zero-order valence-electron chi connectivity index (χ0n) is 25.3. The summed E-state index contributed by atoms with van der Waals surface area (Å²) in [4.78, 5) is 29.3. The van der Waals surface area contributed by atoms with Gasteiger partial charge in [0, 0.05) is 11.1 Å². The van der Waals surface area contributed by atoms with E-state index in [1.165, 1.54) is 35.9 Å². The number of rotatable bonds is 11. The molecular formula is C36H26FN3O6S2. The highest BCUT2D eigenvalue weighted by Crippen LogP contribution is 2.45. The van der Waals surface area contributed by atoms with Gasteiger partial charge in [-0.3, -0.25) is 14.5 Å². The molecule has 0 spiro atoms. The Morgan fingerprint density at radius 2 is 1.77 bits per heavy atom.